The van der Waals surface area contributed by atoms with Gasteiger partial charge in [-0.2, -0.15) is 0 Å². The monoisotopic (exact) mass is 185 g/mol. The van der Waals surface area contributed by atoms with Crippen LogP contribution in [0.1, 0.15) is 24.9 Å². The Kier molecular flexibility index (Phi) is 2.95. The van der Waals surface area contributed by atoms with Gasteiger partial charge in [-0.05, 0) is 24.1 Å². The van der Waals surface area contributed by atoms with E-state index in [0.717, 1.165) is 12.0 Å². The molecule has 1 aromatic rings. The van der Waals surface area contributed by atoms with E-state index in [1.165, 1.54) is 6.07 Å². The SMILES string of the molecule is CCC(N)c1ccc(O)cc1Cl. The van der Waals surface area contributed by atoms with Gasteiger partial charge in [0.2, 0.25) is 0 Å². The number of rotatable bonds is 2. The highest BCUT2D eigenvalue weighted by Crippen LogP contribution is 2.26. The molecule has 3 heteroatoms. The van der Waals surface area contributed by atoms with Crippen molar-refractivity contribution in [3.63, 3.8) is 0 Å². The Morgan fingerprint density at radius 1 is 1.58 bits per heavy atom. The first-order chi connectivity index (χ1) is 5.65. The van der Waals surface area contributed by atoms with Gasteiger partial charge in [-0.25, -0.2) is 0 Å². The lowest BCUT2D eigenvalue weighted by atomic mass is 10.1. The summed E-state index contributed by atoms with van der Waals surface area (Å²) in [7, 11) is 0. The number of benzene rings is 1. The molecular formula is C9H12ClNO. The third-order valence-electron chi connectivity index (χ3n) is 1.82. The van der Waals surface area contributed by atoms with Crippen LogP contribution in [0.15, 0.2) is 18.2 Å². The molecule has 0 aromatic heterocycles. The molecule has 0 heterocycles. The summed E-state index contributed by atoms with van der Waals surface area (Å²) in [6.45, 7) is 1.99. The maximum absolute atomic E-state index is 9.07. The van der Waals surface area contributed by atoms with Gasteiger partial charge in [0.25, 0.3) is 0 Å². The highest BCUT2D eigenvalue weighted by Gasteiger charge is 2.07. The molecule has 12 heavy (non-hydrogen) atoms. The van der Waals surface area contributed by atoms with Crippen molar-refractivity contribution < 1.29 is 5.11 Å². The van der Waals surface area contributed by atoms with E-state index in [4.69, 9.17) is 22.4 Å². The Labute approximate surface area is 77.0 Å². The zero-order valence-corrected chi connectivity index (χ0v) is 7.67. The predicted octanol–water partition coefficient (Wildman–Crippen LogP) is 2.46. The molecule has 2 nitrogen and oxygen atoms in total. The number of aromatic hydroxyl groups is 1. The smallest absolute Gasteiger partial charge is 0.117 e. The molecule has 0 aliphatic rings. The molecule has 1 aromatic carbocycles. The van der Waals surface area contributed by atoms with E-state index < -0.39 is 0 Å². The number of phenolic OH excluding ortho intramolecular Hbond substituents is 1. The molecule has 0 bridgehead atoms. The first-order valence-corrected chi connectivity index (χ1v) is 4.27. The van der Waals surface area contributed by atoms with E-state index in [0.29, 0.717) is 5.02 Å². The van der Waals surface area contributed by atoms with Crippen LogP contribution < -0.4 is 5.73 Å². The van der Waals surface area contributed by atoms with Crippen LogP contribution in [0.25, 0.3) is 0 Å². The van der Waals surface area contributed by atoms with Crippen LogP contribution in [0, 0.1) is 0 Å². The Hall–Kier alpha value is -0.730. The maximum atomic E-state index is 9.07. The van der Waals surface area contributed by atoms with E-state index in [1.54, 1.807) is 12.1 Å². The van der Waals surface area contributed by atoms with Gasteiger partial charge in [0.1, 0.15) is 5.75 Å². The molecule has 0 aliphatic carbocycles. The topological polar surface area (TPSA) is 46.2 Å². The third kappa shape index (κ3) is 1.90. The molecule has 0 amide bonds. The fourth-order valence-electron chi connectivity index (χ4n) is 1.04. The number of halogens is 1. The molecule has 0 radical (unpaired) electrons. The second-order valence-electron chi connectivity index (χ2n) is 2.72. The summed E-state index contributed by atoms with van der Waals surface area (Å²) in [5, 5.41) is 9.60. The molecule has 0 spiro atoms. The zero-order chi connectivity index (χ0) is 9.14. The molecule has 66 valence electrons. The second kappa shape index (κ2) is 3.78. The van der Waals surface area contributed by atoms with Crippen molar-refractivity contribution in [1.82, 2.24) is 0 Å². The summed E-state index contributed by atoms with van der Waals surface area (Å²) in [6, 6.07) is 4.81. The lowest BCUT2D eigenvalue weighted by molar-refractivity contribution is 0.475. The molecule has 1 atom stereocenters. The van der Waals surface area contributed by atoms with Crippen molar-refractivity contribution >= 4 is 11.6 Å². The number of phenols is 1. The van der Waals surface area contributed by atoms with E-state index in [9.17, 15) is 0 Å². The summed E-state index contributed by atoms with van der Waals surface area (Å²) in [6.07, 6.45) is 0.838. The fraction of sp³-hybridized carbons (Fsp3) is 0.333. The number of nitrogens with two attached hydrogens (primary N) is 1. The summed E-state index contributed by atoms with van der Waals surface area (Å²) in [5.74, 6) is 0.173. The quantitative estimate of drug-likeness (QED) is 0.744. The standard InChI is InChI=1S/C9H12ClNO/c1-2-9(11)7-4-3-6(12)5-8(7)10/h3-5,9,12H,2,11H2,1H3. The van der Waals surface area contributed by atoms with Crippen molar-refractivity contribution in [2.75, 3.05) is 0 Å². The summed E-state index contributed by atoms with van der Waals surface area (Å²) < 4.78 is 0. The molecule has 0 fully saturated rings. The highest BCUT2D eigenvalue weighted by molar-refractivity contribution is 6.31. The summed E-state index contributed by atoms with van der Waals surface area (Å²) >= 11 is 5.86. The van der Waals surface area contributed by atoms with E-state index in [-0.39, 0.29) is 11.8 Å². The van der Waals surface area contributed by atoms with Crippen LogP contribution in [-0.2, 0) is 0 Å². The zero-order valence-electron chi connectivity index (χ0n) is 6.92. The van der Waals surface area contributed by atoms with Gasteiger partial charge >= 0.3 is 0 Å². The third-order valence-corrected chi connectivity index (χ3v) is 2.15. The Morgan fingerprint density at radius 3 is 2.75 bits per heavy atom. The first kappa shape index (κ1) is 9.36. The summed E-state index contributed by atoms with van der Waals surface area (Å²) in [5.41, 5.74) is 6.67. The fourth-order valence-corrected chi connectivity index (χ4v) is 1.35. The van der Waals surface area contributed by atoms with Crippen LogP contribution in [0.3, 0.4) is 0 Å². The van der Waals surface area contributed by atoms with Gasteiger partial charge in [0.15, 0.2) is 0 Å². The highest BCUT2D eigenvalue weighted by atomic mass is 35.5. The number of hydrogen-bond donors (Lipinski definition) is 2. The number of hydrogen-bond acceptors (Lipinski definition) is 2. The molecule has 0 saturated heterocycles. The first-order valence-electron chi connectivity index (χ1n) is 3.89. The molecular weight excluding hydrogens is 174 g/mol. The van der Waals surface area contributed by atoms with Crippen molar-refractivity contribution in [3.8, 4) is 5.75 Å². The lowest BCUT2D eigenvalue weighted by Crippen LogP contribution is -2.08. The Bertz CT molecular complexity index is 275. The van der Waals surface area contributed by atoms with Gasteiger partial charge in [0, 0.05) is 11.1 Å². The van der Waals surface area contributed by atoms with Crippen LogP contribution in [0.5, 0.6) is 5.75 Å². The van der Waals surface area contributed by atoms with Gasteiger partial charge < -0.3 is 10.8 Å². The van der Waals surface area contributed by atoms with Crippen molar-refractivity contribution in [3.05, 3.63) is 28.8 Å². The summed E-state index contributed by atoms with van der Waals surface area (Å²) in [4.78, 5) is 0. The van der Waals surface area contributed by atoms with Gasteiger partial charge in [-0.3, -0.25) is 0 Å². The van der Waals surface area contributed by atoms with E-state index in [1.807, 2.05) is 6.92 Å². The molecule has 0 saturated carbocycles. The van der Waals surface area contributed by atoms with Crippen LogP contribution in [0.4, 0.5) is 0 Å². The minimum absolute atomic E-state index is 0.0434. The van der Waals surface area contributed by atoms with Crippen LogP contribution >= 0.6 is 11.6 Å². The Balaban J connectivity index is 3.01. The van der Waals surface area contributed by atoms with Crippen molar-refractivity contribution in [1.29, 1.82) is 0 Å². The minimum atomic E-state index is -0.0434. The molecule has 3 N–H and O–H groups in total. The molecule has 0 aliphatic heterocycles. The van der Waals surface area contributed by atoms with Gasteiger partial charge in [-0.1, -0.05) is 24.6 Å². The molecule has 1 rings (SSSR count). The largest absolute Gasteiger partial charge is 0.508 e. The second-order valence-corrected chi connectivity index (χ2v) is 3.13. The maximum Gasteiger partial charge on any atom is 0.117 e. The normalized spacial score (nSPS) is 12.9. The lowest BCUT2D eigenvalue weighted by Gasteiger charge is -2.10. The van der Waals surface area contributed by atoms with Crippen molar-refractivity contribution in [2.24, 2.45) is 5.73 Å². The van der Waals surface area contributed by atoms with Crippen LogP contribution in [0.2, 0.25) is 5.02 Å². The Morgan fingerprint density at radius 2 is 2.25 bits per heavy atom. The van der Waals surface area contributed by atoms with Crippen LogP contribution in [-0.4, -0.2) is 5.11 Å². The van der Waals surface area contributed by atoms with Gasteiger partial charge in [-0.15, -0.1) is 0 Å². The van der Waals surface area contributed by atoms with Gasteiger partial charge in [0.05, 0.1) is 0 Å². The van der Waals surface area contributed by atoms with E-state index >= 15 is 0 Å². The average molecular weight is 186 g/mol. The predicted molar refractivity (Wildman–Crippen MR) is 50.3 cm³/mol. The van der Waals surface area contributed by atoms with E-state index in [2.05, 4.69) is 0 Å². The minimum Gasteiger partial charge on any atom is -0.508 e. The van der Waals surface area contributed by atoms with Crippen molar-refractivity contribution in [2.45, 2.75) is 19.4 Å². The average Bonchev–Trinajstić information content (AvgIpc) is 2.03. The molecule has 1 unspecified atom stereocenters.